The molecule has 1 aliphatic heterocycles. The third-order valence-electron chi connectivity index (χ3n) is 3.83. The third kappa shape index (κ3) is 5.42. The van der Waals surface area contributed by atoms with Crippen molar-refractivity contribution < 1.29 is 27.5 Å². The number of β-lactam (4-membered cyclic amide) rings is 1. The van der Waals surface area contributed by atoms with Crippen LogP contribution in [-0.4, -0.2) is 48.9 Å². The molecule has 0 aliphatic carbocycles. The molecule has 1 fully saturated rings. The Labute approximate surface area is 166 Å². The number of hydrogen-bond acceptors (Lipinski definition) is 7. The second-order valence-corrected chi connectivity index (χ2v) is 7.37. The van der Waals surface area contributed by atoms with Gasteiger partial charge in [-0.2, -0.15) is 8.42 Å². The largest absolute Gasteiger partial charge is 0.445 e. The summed E-state index contributed by atoms with van der Waals surface area (Å²) >= 11 is 0. The van der Waals surface area contributed by atoms with E-state index in [9.17, 15) is 22.8 Å². The number of nitrogens with one attached hydrogen (secondary N) is 3. The summed E-state index contributed by atoms with van der Waals surface area (Å²) < 4.78 is 32.7. The zero-order valence-corrected chi connectivity index (χ0v) is 15.8. The van der Waals surface area contributed by atoms with Crippen molar-refractivity contribution >= 4 is 33.9 Å². The number of imide groups is 1. The van der Waals surface area contributed by atoms with E-state index in [1.54, 1.807) is 29.0 Å². The van der Waals surface area contributed by atoms with Crippen LogP contribution >= 0.6 is 0 Å². The highest BCUT2D eigenvalue weighted by molar-refractivity contribution is 7.91. The number of carbonyl (C=O) groups is 3. The lowest BCUT2D eigenvalue weighted by atomic mass is 10.1. The second kappa shape index (κ2) is 8.56. The SMILES string of the molecule is O=C(N[C@H]1CN(C(=O)NS(=O)(=O)Nc2ccncc2)C1=O)OCc1ccccc1. The molecule has 11 nitrogen and oxygen atoms in total. The quantitative estimate of drug-likeness (QED) is 0.581. The van der Waals surface area contributed by atoms with Crippen LogP contribution in [0.25, 0.3) is 0 Å². The van der Waals surface area contributed by atoms with Crippen molar-refractivity contribution in [3.8, 4) is 0 Å². The molecule has 1 aromatic carbocycles. The molecule has 0 bridgehead atoms. The molecule has 3 N–H and O–H groups in total. The number of alkyl carbamates (subject to hydrolysis) is 1. The lowest BCUT2D eigenvalue weighted by Crippen LogP contribution is -2.67. The van der Waals surface area contributed by atoms with Gasteiger partial charge in [0, 0.05) is 12.4 Å². The van der Waals surface area contributed by atoms with E-state index in [-0.39, 0.29) is 18.8 Å². The molecular weight excluding hydrogens is 402 g/mol. The van der Waals surface area contributed by atoms with Crippen LogP contribution in [0.15, 0.2) is 54.9 Å². The molecule has 12 heteroatoms. The van der Waals surface area contributed by atoms with Gasteiger partial charge < -0.3 is 10.1 Å². The third-order valence-corrected chi connectivity index (χ3v) is 4.78. The van der Waals surface area contributed by atoms with Crippen molar-refractivity contribution in [1.82, 2.24) is 19.9 Å². The zero-order chi connectivity index (χ0) is 20.9. The van der Waals surface area contributed by atoms with Crippen molar-refractivity contribution in [1.29, 1.82) is 0 Å². The number of anilines is 1. The lowest BCUT2D eigenvalue weighted by Gasteiger charge is -2.36. The van der Waals surface area contributed by atoms with Gasteiger partial charge in [-0.3, -0.25) is 19.4 Å². The molecule has 0 radical (unpaired) electrons. The zero-order valence-electron chi connectivity index (χ0n) is 14.9. The van der Waals surface area contributed by atoms with Crippen LogP contribution in [-0.2, 0) is 26.3 Å². The maximum Gasteiger partial charge on any atom is 0.408 e. The Bertz CT molecular complexity index is 999. The van der Waals surface area contributed by atoms with Gasteiger partial charge in [0.25, 0.3) is 5.91 Å². The van der Waals surface area contributed by atoms with Gasteiger partial charge in [0.15, 0.2) is 0 Å². The number of aromatic nitrogens is 1. The Hall–Kier alpha value is -3.67. The average molecular weight is 419 g/mol. The first-order chi connectivity index (χ1) is 13.8. The molecule has 0 unspecified atom stereocenters. The minimum atomic E-state index is -4.24. The molecule has 1 aliphatic rings. The molecule has 1 saturated heterocycles. The molecule has 2 aromatic rings. The van der Waals surface area contributed by atoms with E-state index < -0.39 is 34.3 Å². The predicted octanol–water partition coefficient (Wildman–Crippen LogP) is 0.585. The molecule has 0 spiro atoms. The summed E-state index contributed by atoms with van der Waals surface area (Å²) in [6.07, 6.45) is 1.91. The summed E-state index contributed by atoms with van der Waals surface area (Å²) in [5, 5.41) is 2.32. The first kappa shape index (κ1) is 20.1. The van der Waals surface area contributed by atoms with Gasteiger partial charge in [0.1, 0.15) is 12.6 Å². The van der Waals surface area contributed by atoms with E-state index >= 15 is 0 Å². The van der Waals surface area contributed by atoms with Crippen molar-refractivity contribution in [2.24, 2.45) is 0 Å². The van der Waals surface area contributed by atoms with E-state index in [1.165, 1.54) is 24.5 Å². The number of urea groups is 1. The molecule has 29 heavy (non-hydrogen) atoms. The summed E-state index contributed by atoms with van der Waals surface area (Å²) in [4.78, 5) is 40.2. The summed E-state index contributed by atoms with van der Waals surface area (Å²) in [5.41, 5.74) is 0.964. The lowest BCUT2D eigenvalue weighted by molar-refractivity contribution is -0.139. The Kier molecular flexibility index (Phi) is 5.93. The molecule has 3 rings (SSSR count). The fourth-order valence-electron chi connectivity index (χ4n) is 2.39. The Morgan fingerprint density at radius 3 is 2.48 bits per heavy atom. The van der Waals surface area contributed by atoms with Crippen LogP contribution in [0.4, 0.5) is 15.3 Å². The number of hydrogen-bond donors (Lipinski definition) is 3. The van der Waals surface area contributed by atoms with Crippen LogP contribution in [0.2, 0.25) is 0 Å². The Morgan fingerprint density at radius 2 is 1.83 bits per heavy atom. The van der Waals surface area contributed by atoms with Crippen LogP contribution in [0, 0.1) is 0 Å². The number of ether oxygens (including phenoxy) is 1. The number of carbonyl (C=O) groups excluding carboxylic acids is 3. The Balaban J connectivity index is 1.44. The molecular formula is C17H17N5O6S. The molecule has 0 saturated carbocycles. The van der Waals surface area contributed by atoms with Crippen molar-refractivity contribution in [2.45, 2.75) is 12.6 Å². The van der Waals surface area contributed by atoms with Crippen LogP contribution in [0.3, 0.4) is 0 Å². The van der Waals surface area contributed by atoms with Gasteiger partial charge >= 0.3 is 22.3 Å². The van der Waals surface area contributed by atoms with Crippen molar-refractivity contribution in [3.63, 3.8) is 0 Å². The maximum atomic E-state index is 12.0. The fourth-order valence-corrected chi connectivity index (χ4v) is 3.23. The number of amides is 4. The molecule has 4 amide bonds. The predicted molar refractivity (Wildman–Crippen MR) is 101 cm³/mol. The highest BCUT2D eigenvalue weighted by atomic mass is 32.2. The first-order valence-corrected chi connectivity index (χ1v) is 9.85. The smallest absolute Gasteiger partial charge is 0.408 e. The van der Waals surface area contributed by atoms with Gasteiger partial charge in [-0.15, -0.1) is 0 Å². The summed E-state index contributed by atoms with van der Waals surface area (Å²) in [7, 11) is -4.24. The normalized spacial score (nSPS) is 15.8. The van der Waals surface area contributed by atoms with E-state index in [0.29, 0.717) is 4.90 Å². The monoisotopic (exact) mass is 419 g/mol. The molecule has 152 valence electrons. The van der Waals surface area contributed by atoms with Crippen molar-refractivity contribution in [3.05, 3.63) is 60.4 Å². The van der Waals surface area contributed by atoms with Crippen LogP contribution in [0.5, 0.6) is 0 Å². The van der Waals surface area contributed by atoms with E-state index in [4.69, 9.17) is 4.74 Å². The molecule has 2 heterocycles. The van der Waals surface area contributed by atoms with Gasteiger partial charge in [-0.1, -0.05) is 30.3 Å². The van der Waals surface area contributed by atoms with E-state index in [2.05, 4.69) is 15.0 Å². The summed E-state index contributed by atoms with van der Waals surface area (Å²) in [5.74, 6) is -0.752. The van der Waals surface area contributed by atoms with Crippen molar-refractivity contribution in [2.75, 3.05) is 11.3 Å². The minimum absolute atomic E-state index is 0.0245. The number of pyridine rings is 1. The number of benzene rings is 1. The summed E-state index contributed by atoms with van der Waals surface area (Å²) in [6, 6.07) is 9.62. The topological polar surface area (TPSA) is 147 Å². The summed E-state index contributed by atoms with van der Waals surface area (Å²) in [6.45, 7) is -0.160. The fraction of sp³-hybridized carbons (Fsp3) is 0.176. The number of likely N-dealkylation sites (tertiary alicyclic amines) is 1. The first-order valence-electron chi connectivity index (χ1n) is 8.37. The number of rotatable bonds is 6. The van der Waals surface area contributed by atoms with Gasteiger partial charge in [-0.05, 0) is 17.7 Å². The van der Waals surface area contributed by atoms with Gasteiger partial charge in [0.05, 0.1) is 12.2 Å². The Morgan fingerprint density at radius 1 is 1.14 bits per heavy atom. The highest BCUT2D eigenvalue weighted by Crippen LogP contribution is 2.12. The second-order valence-electron chi connectivity index (χ2n) is 5.96. The van der Waals surface area contributed by atoms with E-state index in [0.717, 1.165) is 5.56 Å². The van der Waals surface area contributed by atoms with E-state index in [1.807, 2.05) is 6.07 Å². The minimum Gasteiger partial charge on any atom is -0.445 e. The maximum absolute atomic E-state index is 12.0. The van der Waals surface area contributed by atoms with Gasteiger partial charge in [-0.25, -0.2) is 14.3 Å². The average Bonchev–Trinajstić information content (AvgIpc) is 2.69. The number of nitrogens with zero attached hydrogens (tertiary/aromatic N) is 2. The molecule has 1 aromatic heterocycles. The van der Waals surface area contributed by atoms with Gasteiger partial charge in [0.2, 0.25) is 0 Å². The standard InChI is InChI=1S/C17H17N5O6S/c23-15-14(19-17(25)28-11-12-4-2-1-3-5-12)10-22(15)16(24)21-29(26,27)20-13-6-8-18-9-7-13/h1-9,14H,10-11H2,(H,18,20)(H,19,25)(H,21,24)/t14-/m0/s1. The van der Waals surface area contributed by atoms with Crippen LogP contribution < -0.4 is 14.8 Å². The highest BCUT2D eigenvalue weighted by Gasteiger charge is 2.43. The molecule has 1 atom stereocenters. The van der Waals surface area contributed by atoms with Crippen LogP contribution in [0.1, 0.15) is 5.56 Å².